The topological polar surface area (TPSA) is 37.4 Å². The minimum absolute atomic E-state index is 0.781. The van der Waals surface area contributed by atoms with Crippen LogP contribution in [0.4, 0.5) is 11.5 Å². The lowest BCUT2D eigenvalue weighted by Gasteiger charge is -2.29. The maximum Gasteiger partial charge on any atom is 0.136 e. The van der Waals surface area contributed by atoms with Gasteiger partial charge in [0, 0.05) is 30.9 Å². The molecule has 0 bridgehead atoms. The van der Waals surface area contributed by atoms with Gasteiger partial charge in [-0.3, -0.25) is 0 Å². The van der Waals surface area contributed by atoms with Gasteiger partial charge in [0.25, 0.3) is 0 Å². The monoisotopic (exact) mass is 257 g/mol. The Morgan fingerprint density at radius 1 is 1.21 bits per heavy atom. The van der Waals surface area contributed by atoms with Gasteiger partial charge in [-0.1, -0.05) is 17.7 Å². The molecule has 1 saturated heterocycles. The number of hydrogen-bond acceptors (Lipinski definition) is 4. The average molecular weight is 257 g/mol. The number of benzene rings is 1. The van der Waals surface area contributed by atoms with Crippen LogP contribution in [0, 0.1) is 6.92 Å². The molecule has 1 aromatic carbocycles. The molecule has 1 N–H and O–H groups in total. The van der Waals surface area contributed by atoms with Crippen molar-refractivity contribution in [2.45, 2.75) is 6.92 Å². The first-order chi connectivity index (χ1) is 9.29. The molecule has 0 atom stereocenters. The molecule has 2 aromatic rings. The van der Waals surface area contributed by atoms with Crippen molar-refractivity contribution in [2.75, 3.05) is 43.6 Å². The third kappa shape index (κ3) is 2.24. The second-order valence-electron chi connectivity index (χ2n) is 4.89. The van der Waals surface area contributed by atoms with Gasteiger partial charge in [0.15, 0.2) is 0 Å². The van der Waals surface area contributed by atoms with Gasteiger partial charge in [-0.25, -0.2) is 4.98 Å². The molecule has 0 aliphatic carbocycles. The lowest BCUT2D eigenvalue weighted by Crippen LogP contribution is -2.36. The van der Waals surface area contributed by atoms with E-state index in [0.717, 1.165) is 37.8 Å². The van der Waals surface area contributed by atoms with Crippen LogP contribution in [0.3, 0.4) is 0 Å². The molecule has 0 amide bonds. The number of aryl methyl sites for hydroxylation is 1. The average Bonchev–Trinajstić information content (AvgIpc) is 2.47. The van der Waals surface area contributed by atoms with Gasteiger partial charge in [0.05, 0.1) is 25.1 Å². The summed E-state index contributed by atoms with van der Waals surface area (Å²) in [5.41, 5.74) is 2.35. The van der Waals surface area contributed by atoms with E-state index in [-0.39, 0.29) is 0 Å². The highest BCUT2D eigenvalue weighted by Gasteiger charge is 2.16. The van der Waals surface area contributed by atoms with Crippen LogP contribution < -0.4 is 10.2 Å². The van der Waals surface area contributed by atoms with Gasteiger partial charge in [0.2, 0.25) is 0 Å². The first-order valence-corrected chi connectivity index (χ1v) is 6.69. The van der Waals surface area contributed by atoms with Gasteiger partial charge in [0.1, 0.15) is 5.82 Å². The Morgan fingerprint density at radius 2 is 2.00 bits per heavy atom. The number of aromatic nitrogens is 1. The van der Waals surface area contributed by atoms with Crippen LogP contribution in [-0.4, -0.2) is 38.3 Å². The van der Waals surface area contributed by atoms with Crippen molar-refractivity contribution >= 4 is 22.3 Å². The Morgan fingerprint density at radius 3 is 2.74 bits per heavy atom. The number of pyridine rings is 1. The number of fused-ring (bicyclic) bond motifs is 1. The molecule has 1 aliphatic rings. The lowest BCUT2D eigenvalue weighted by atomic mass is 10.1. The van der Waals surface area contributed by atoms with E-state index in [4.69, 9.17) is 4.74 Å². The van der Waals surface area contributed by atoms with Crippen molar-refractivity contribution in [3.63, 3.8) is 0 Å². The lowest BCUT2D eigenvalue weighted by molar-refractivity contribution is 0.122. The number of nitrogens with one attached hydrogen (secondary N) is 1. The molecule has 100 valence electrons. The van der Waals surface area contributed by atoms with Gasteiger partial charge in [-0.05, 0) is 13.0 Å². The summed E-state index contributed by atoms with van der Waals surface area (Å²) in [6.07, 6.45) is 1.92. The van der Waals surface area contributed by atoms with Crippen LogP contribution in [0.2, 0.25) is 0 Å². The van der Waals surface area contributed by atoms with Gasteiger partial charge in [-0.15, -0.1) is 0 Å². The Hall–Kier alpha value is -1.81. The summed E-state index contributed by atoms with van der Waals surface area (Å²) in [4.78, 5) is 6.95. The minimum atomic E-state index is 0.781. The number of ether oxygens (including phenoxy) is 1. The van der Waals surface area contributed by atoms with Crippen LogP contribution >= 0.6 is 0 Å². The van der Waals surface area contributed by atoms with Crippen LogP contribution in [0.15, 0.2) is 24.4 Å². The zero-order valence-electron chi connectivity index (χ0n) is 11.4. The molecule has 1 fully saturated rings. The van der Waals surface area contributed by atoms with E-state index in [1.54, 1.807) is 0 Å². The van der Waals surface area contributed by atoms with Crippen LogP contribution in [0.1, 0.15) is 5.56 Å². The Bertz CT molecular complexity index is 591. The van der Waals surface area contributed by atoms with Gasteiger partial charge in [-0.2, -0.15) is 0 Å². The van der Waals surface area contributed by atoms with E-state index in [2.05, 4.69) is 40.3 Å². The summed E-state index contributed by atoms with van der Waals surface area (Å²) in [5.74, 6) is 1.07. The van der Waals surface area contributed by atoms with Crippen molar-refractivity contribution in [3.8, 4) is 0 Å². The second-order valence-corrected chi connectivity index (χ2v) is 4.89. The second kappa shape index (κ2) is 5.05. The van der Waals surface area contributed by atoms with Crippen LogP contribution in [0.25, 0.3) is 10.8 Å². The summed E-state index contributed by atoms with van der Waals surface area (Å²) in [6.45, 7) is 5.50. The van der Waals surface area contributed by atoms with Crippen LogP contribution in [0.5, 0.6) is 0 Å². The Kier molecular flexibility index (Phi) is 3.25. The van der Waals surface area contributed by atoms with Crippen molar-refractivity contribution in [1.82, 2.24) is 4.98 Å². The zero-order chi connectivity index (χ0) is 13.2. The van der Waals surface area contributed by atoms with Crippen molar-refractivity contribution in [1.29, 1.82) is 0 Å². The predicted octanol–water partition coefficient (Wildman–Crippen LogP) is 2.42. The summed E-state index contributed by atoms with van der Waals surface area (Å²) >= 11 is 0. The minimum Gasteiger partial charge on any atom is -0.386 e. The fourth-order valence-corrected chi connectivity index (χ4v) is 2.57. The molecule has 4 nitrogen and oxygen atoms in total. The molecule has 2 heterocycles. The summed E-state index contributed by atoms with van der Waals surface area (Å²) < 4.78 is 5.42. The maximum atomic E-state index is 5.42. The highest BCUT2D eigenvalue weighted by Crippen LogP contribution is 2.31. The smallest absolute Gasteiger partial charge is 0.136 e. The SMILES string of the molecule is CNc1cnc(N2CCOCC2)c2ccc(C)cc12. The molecule has 1 aromatic heterocycles. The van der Waals surface area contributed by atoms with Crippen LogP contribution in [-0.2, 0) is 4.74 Å². The first-order valence-electron chi connectivity index (χ1n) is 6.69. The van der Waals surface area contributed by atoms with Gasteiger partial charge >= 0.3 is 0 Å². The third-order valence-corrected chi connectivity index (χ3v) is 3.60. The summed E-state index contributed by atoms with van der Waals surface area (Å²) in [7, 11) is 1.94. The summed E-state index contributed by atoms with van der Waals surface area (Å²) in [5, 5.41) is 5.66. The molecule has 0 saturated carbocycles. The Balaban J connectivity index is 2.14. The quantitative estimate of drug-likeness (QED) is 0.896. The fourth-order valence-electron chi connectivity index (χ4n) is 2.57. The number of morpholine rings is 1. The molecular formula is C15H19N3O. The molecular weight excluding hydrogens is 238 g/mol. The molecule has 1 aliphatic heterocycles. The van der Waals surface area contributed by atoms with E-state index in [0.29, 0.717) is 0 Å². The summed E-state index contributed by atoms with van der Waals surface area (Å²) in [6, 6.07) is 6.53. The van der Waals surface area contributed by atoms with Crippen molar-refractivity contribution < 1.29 is 4.74 Å². The number of rotatable bonds is 2. The van der Waals surface area contributed by atoms with E-state index in [1.807, 2.05) is 13.2 Å². The van der Waals surface area contributed by atoms with Crippen molar-refractivity contribution in [3.05, 3.63) is 30.0 Å². The van der Waals surface area contributed by atoms with E-state index >= 15 is 0 Å². The first kappa shape index (κ1) is 12.2. The fraction of sp³-hybridized carbons (Fsp3) is 0.400. The van der Waals surface area contributed by atoms with Gasteiger partial charge < -0.3 is 15.0 Å². The normalized spacial score (nSPS) is 15.8. The zero-order valence-corrected chi connectivity index (χ0v) is 11.4. The standard InChI is InChI=1S/C15H19N3O/c1-11-3-4-12-13(9-11)14(16-2)10-17-15(12)18-5-7-19-8-6-18/h3-4,9-10,16H,5-8H2,1-2H3. The molecule has 3 rings (SSSR count). The largest absolute Gasteiger partial charge is 0.386 e. The highest BCUT2D eigenvalue weighted by molar-refractivity contribution is 6.00. The molecule has 0 spiro atoms. The number of anilines is 2. The molecule has 0 unspecified atom stereocenters. The number of hydrogen-bond donors (Lipinski definition) is 1. The Labute approximate surface area is 113 Å². The molecule has 19 heavy (non-hydrogen) atoms. The third-order valence-electron chi connectivity index (χ3n) is 3.60. The van der Waals surface area contributed by atoms with E-state index in [1.165, 1.54) is 16.3 Å². The molecule has 4 heteroatoms. The maximum absolute atomic E-state index is 5.42. The highest BCUT2D eigenvalue weighted by atomic mass is 16.5. The predicted molar refractivity (Wildman–Crippen MR) is 79.1 cm³/mol. The van der Waals surface area contributed by atoms with E-state index < -0.39 is 0 Å². The number of nitrogens with zero attached hydrogens (tertiary/aromatic N) is 2. The molecule has 0 radical (unpaired) electrons. The van der Waals surface area contributed by atoms with E-state index in [9.17, 15) is 0 Å². The van der Waals surface area contributed by atoms with Crippen molar-refractivity contribution in [2.24, 2.45) is 0 Å².